The van der Waals surface area contributed by atoms with Gasteiger partial charge >= 0.3 is 0 Å². The first-order chi connectivity index (χ1) is 7.67. The SMILES string of the molecule is COCC(CCN)Nc1ncc(Br)cc1F. The van der Waals surface area contributed by atoms with Crippen molar-refractivity contribution in [2.75, 3.05) is 25.6 Å². The fourth-order valence-corrected chi connectivity index (χ4v) is 1.62. The zero-order chi connectivity index (χ0) is 12.0. The Morgan fingerprint density at radius 3 is 3.00 bits per heavy atom. The number of rotatable bonds is 6. The van der Waals surface area contributed by atoms with E-state index >= 15 is 0 Å². The minimum absolute atomic E-state index is 0.0295. The van der Waals surface area contributed by atoms with Gasteiger partial charge in [0.25, 0.3) is 0 Å². The summed E-state index contributed by atoms with van der Waals surface area (Å²) >= 11 is 3.15. The monoisotopic (exact) mass is 291 g/mol. The van der Waals surface area contributed by atoms with Gasteiger partial charge in [0.15, 0.2) is 11.6 Å². The van der Waals surface area contributed by atoms with E-state index in [4.69, 9.17) is 10.5 Å². The largest absolute Gasteiger partial charge is 0.383 e. The van der Waals surface area contributed by atoms with Crippen molar-refractivity contribution in [1.82, 2.24) is 4.98 Å². The third-order valence-corrected chi connectivity index (χ3v) is 2.47. The van der Waals surface area contributed by atoms with Crippen LogP contribution in [-0.2, 0) is 4.74 Å². The van der Waals surface area contributed by atoms with Gasteiger partial charge < -0.3 is 15.8 Å². The summed E-state index contributed by atoms with van der Waals surface area (Å²) in [6.45, 7) is 0.980. The first kappa shape index (κ1) is 13.3. The van der Waals surface area contributed by atoms with Gasteiger partial charge in [-0.15, -0.1) is 0 Å². The number of nitrogens with two attached hydrogens (primary N) is 1. The van der Waals surface area contributed by atoms with Gasteiger partial charge in [0, 0.05) is 17.8 Å². The highest BCUT2D eigenvalue weighted by molar-refractivity contribution is 9.10. The van der Waals surface area contributed by atoms with Crippen molar-refractivity contribution in [3.8, 4) is 0 Å². The molecular weight excluding hydrogens is 277 g/mol. The van der Waals surface area contributed by atoms with E-state index in [1.165, 1.54) is 12.3 Å². The molecular formula is C10H15BrFN3O. The topological polar surface area (TPSA) is 60.2 Å². The molecule has 0 saturated heterocycles. The fraction of sp³-hybridized carbons (Fsp3) is 0.500. The molecule has 1 rings (SSSR count). The molecule has 0 amide bonds. The average molecular weight is 292 g/mol. The smallest absolute Gasteiger partial charge is 0.166 e. The molecule has 4 nitrogen and oxygen atoms in total. The van der Waals surface area contributed by atoms with Crippen LogP contribution < -0.4 is 11.1 Å². The number of aromatic nitrogens is 1. The molecule has 0 bridgehead atoms. The van der Waals surface area contributed by atoms with Crippen LogP contribution in [0.1, 0.15) is 6.42 Å². The van der Waals surface area contributed by atoms with Crippen LogP contribution in [0.5, 0.6) is 0 Å². The number of nitrogens with one attached hydrogen (secondary N) is 1. The minimum atomic E-state index is -0.396. The molecule has 3 N–H and O–H groups in total. The minimum Gasteiger partial charge on any atom is -0.383 e. The molecule has 0 saturated carbocycles. The van der Waals surface area contributed by atoms with Crippen molar-refractivity contribution in [2.45, 2.75) is 12.5 Å². The van der Waals surface area contributed by atoms with Crippen LogP contribution in [0.3, 0.4) is 0 Å². The van der Waals surface area contributed by atoms with Crippen LogP contribution in [0.15, 0.2) is 16.7 Å². The molecule has 0 radical (unpaired) electrons. The molecule has 0 aromatic carbocycles. The number of hydrogen-bond donors (Lipinski definition) is 2. The molecule has 90 valence electrons. The Hall–Kier alpha value is -0.720. The van der Waals surface area contributed by atoms with Crippen molar-refractivity contribution < 1.29 is 9.13 Å². The van der Waals surface area contributed by atoms with E-state index in [1.54, 1.807) is 7.11 Å². The summed E-state index contributed by atoms with van der Waals surface area (Å²) < 4.78 is 19.1. The number of halogens is 2. The number of anilines is 1. The van der Waals surface area contributed by atoms with Gasteiger partial charge in [-0.1, -0.05) is 0 Å². The summed E-state index contributed by atoms with van der Waals surface area (Å²) in [5, 5.41) is 2.96. The molecule has 1 aromatic heterocycles. The maximum Gasteiger partial charge on any atom is 0.166 e. The van der Waals surface area contributed by atoms with Gasteiger partial charge in [-0.25, -0.2) is 9.37 Å². The molecule has 0 fully saturated rings. The number of ether oxygens (including phenoxy) is 1. The van der Waals surface area contributed by atoms with Crippen LogP contribution in [0.25, 0.3) is 0 Å². The van der Waals surface area contributed by atoms with Gasteiger partial charge in [-0.05, 0) is 35.0 Å². The first-order valence-electron chi connectivity index (χ1n) is 4.94. The Kier molecular flexibility index (Phi) is 5.65. The van der Waals surface area contributed by atoms with Crippen LogP contribution in [-0.4, -0.2) is 31.3 Å². The number of methoxy groups -OCH3 is 1. The van der Waals surface area contributed by atoms with Crippen molar-refractivity contribution in [1.29, 1.82) is 0 Å². The molecule has 0 spiro atoms. The maximum absolute atomic E-state index is 13.5. The Bertz CT molecular complexity index is 332. The van der Waals surface area contributed by atoms with Crippen molar-refractivity contribution in [3.05, 3.63) is 22.6 Å². The lowest BCUT2D eigenvalue weighted by molar-refractivity contribution is 0.183. The van der Waals surface area contributed by atoms with E-state index in [0.717, 1.165) is 0 Å². The zero-order valence-corrected chi connectivity index (χ0v) is 10.6. The summed E-state index contributed by atoms with van der Waals surface area (Å²) in [7, 11) is 1.59. The summed E-state index contributed by atoms with van der Waals surface area (Å²) in [4.78, 5) is 3.95. The second-order valence-corrected chi connectivity index (χ2v) is 4.27. The van der Waals surface area contributed by atoms with Crippen LogP contribution in [0.4, 0.5) is 10.2 Å². The van der Waals surface area contributed by atoms with E-state index in [0.29, 0.717) is 24.0 Å². The Balaban J connectivity index is 2.68. The molecule has 0 aliphatic heterocycles. The van der Waals surface area contributed by atoms with Crippen molar-refractivity contribution in [3.63, 3.8) is 0 Å². The van der Waals surface area contributed by atoms with Crippen molar-refractivity contribution in [2.24, 2.45) is 5.73 Å². The highest BCUT2D eigenvalue weighted by atomic mass is 79.9. The van der Waals surface area contributed by atoms with Gasteiger partial charge in [0.1, 0.15) is 0 Å². The van der Waals surface area contributed by atoms with Crippen LogP contribution in [0.2, 0.25) is 0 Å². The third-order valence-electron chi connectivity index (χ3n) is 2.03. The van der Waals surface area contributed by atoms with E-state index in [2.05, 4.69) is 26.2 Å². The molecule has 1 aromatic rings. The summed E-state index contributed by atoms with van der Waals surface area (Å²) in [5.41, 5.74) is 5.46. The second kappa shape index (κ2) is 6.78. The quantitative estimate of drug-likeness (QED) is 0.838. The van der Waals surface area contributed by atoms with E-state index in [-0.39, 0.29) is 11.9 Å². The Morgan fingerprint density at radius 2 is 2.44 bits per heavy atom. The normalized spacial score (nSPS) is 12.5. The molecule has 0 aliphatic rings. The predicted octanol–water partition coefficient (Wildman–Crippen LogP) is 1.76. The third kappa shape index (κ3) is 4.03. The Morgan fingerprint density at radius 1 is 1.69 bits per heavy atom. The first-order valence-corrected chi connectivity index (χ1v) is 5.73. The predicted molar refractivity (Wildman–Crippen MR) is 64.9 cm³/mol. The summed E-state index contributed by atoms with van der Waals surface area (Å²) in [6, 6.07) is 1.33. The van der Waals surface area contributed by atoms with E-state index in [1.807, 2.05) is 0 Å². The van der Waals surface area contributed by atoms with Gasteiger partial charge in [0.05, 0.1) is 12.6 Å². The lowest BCUT2D eigenvalue weighted by Crippen LogP contribution is -2.28. The summed E-state index contributed by atoms with van der Waals surface area (Å²) in [6.07, 6.45) is 2.24. The van der Waals surface area contributed by atoms with E-state index < -0.39 is 5.82 Å². The van der Waals surface area contributed by atoms with Gasteiger partial charge in [-0.3, -0.25) is 0 Å². The maximum atomic E-state index is 13.5. The molecule has 1 unspecified atom stereocenters. The van der Waals surface area contributed by atoms with Crippen LogP contribution in [0, 0.1) is 5.82 Å². The second-order valence-electron chi connectivity index (χ2n) is 3.36. The fourth-order valence-electron chi connectivity index (χ4n) is 1.31. The molecule has 1 heterocycles. The van der Waals surface area contributed by atoms with Crippen LogP contribution >= 0.6 is 15.9 Å². The number of hydrogen-bond acceptors (Lipinski definition) is 4. The standard InChI is InChI=1S/C10H15BrFN3O/c1-16-6-8(2-3-13)15-10-9(12)4-7(11)5-14-10/h4-5,8H,2-3,6,13H2,1H3,(H,14,15). The van der Waals surface area contributed by atoms with Gasteiger partial charge in [0.2, 0.25) is 0 Å². The van der Waals surface area contributed by atoms with Gasteiger partial charge in [-0.2, -0.15) is 0 Å². The van der Waals surface area contributed by atoms with E-state index in [9.17, 15) is 4.39 Å². The highest BCUT2D eigenvalue weighted by Gasteiger charge is 2.11. The highest BCUT2D eigenvalue weighted by Crippen LogP contribution is 2.17. The Labute approximate surface area is 103 Å². The molecule has 0 aliphatic carbocycles. The molecule has 16 heavy (non-hydrogen) atoms. The molecule has 1 atom stereocenters. The number of nitrogens with zero attached hydrogens (tertiary/aromatic N) is 1. The lowest BCUT2D eigenvalue weighted by atomic mass is 10.2. The number of pyridine rings is 1. The lowest BCUT2D eigenvalue weighted by Gasteiger charge is -2.17. The zero-order valence-electron chi connectivity index (χ0n) is 9.04. The summed E-state index contributed by atoms with van der Waals surface area (Å²) in [5.74, 6) is -0.175. The van der Waals surface area contributed by atoms with Crippen molar-refractivity contribution >= 4 is 21.7 Å². The molecule has 6 heteroatoms. The average Bonchev–Trinajstić information content (AvgIpc) is 2.23.